The monoisotopic (exact) mass is 197 g/mol. The van der Waals surface area contributed by atoms with Crippen molar-refractivity contribution in [1.29, 1.82) is 0 Å². The summed E-state index contributed by atoms with van der Waals surface area (Å²) in [7, 11) is 1.55. The van der Waals surface area contributed by atoms with E-state index in [-0.39, 0.29) is 12.5 Å². The lowest BCUT2D eigenvalue weighted by Crippen LogP contribution is -2.33. The standard InChI is InChI=1S/C11H19NO2/c1-14-7-11(13)12-6-10-5-8-2-3-9(10)4-8/h8-10H,2-7H2,1H3,(H,12,13). The summed E-state index contributed by atoms with van der Waals surface area (Å²) in [5, 5.41) is 2.95. The molecule has 2 aliphatic rings. The summed E-state index contributed by atoms with van der Waals surface area (Å²) >= 11 is 0. The highest BCUT2D eigenvalue weighted by atomic mass is 16.5. The van der Waals surface area contributed by atoms with Crippen molar-refractivity contribution >= 4 is 5.91 Å². The van der Waals surface area contributed by atoms with Gasteiger partial charge in [-0.1, -0.05) is 6.42 Å². The van der Waals surface area contributed by atoms with Crippen LogP contribution in [0.3, 0.4) is 0 Å². The number of amides is 1. The summed E-state index contributed by atoms with van der Waals surface area (Å²) < 4.78 is 4.77. The Morgan fingerprint density at radius 2 is 2.29 bits per heavy atom. The zero-order valence-corrected chi connectivity index (χ0v) is 8.79. The minimum atomic E-state index is 0.0234. The maximum atomic E-state index is 11.2. The second-order valence-electron chi connectivity index (χ2n) is 4.67. The normalized spacial score (nSPS) is 34.8. The third-order valence-corrected chi connectivity index (χ3v) is 3.72. The van der Waals surface area contributed by atoms with Crippen LogP contribution in [-0.2, 0) is 9.53 Å². The zero-order chi connectivity index (χ0) is 9.97. The first kappa shape index (κ1) is 9.97. The van der Waals surface area contributed by atoms with Crippen LogP contribution in [0, 0.1) is 17.8 Å². The molecule has 80 valence electrons. The second-order valence-corrected chi connectivity index (χ2v) is 4.67. The van der Waals surface area contributed by atoms with Gasteiger partial charge in [-0.2, -0.15) is 0 Å². The van der Waals surface area contributed by atoms with Crippen molar-refractivity contribution in [3.63, 3.8) is 0 Å². The van der Waals surface area contributed by atoms with Crippen molar-refractivity contribution in [2.75, 3.05) is 20.3 Å². The van der Waals surface area contributed by atoms with E-state index >= 15 is 0 Å². The van der Waals surface area contributed by atoms with Crippen molar-refractivity contribution < 1.29 is 9.53 Å². The fraction of sp³-hybridized carbons (Fsp3) is 0.909. The molecule has 2 saturated carbocycles. The maximum Gasteiger partial charge on any atom is 0.245 e. The van der Waals surface area contributed by atoms with Gasteiger partial charge in [0.15, 0.2) is 0 Å². The number of methoxy groups -OCH3 is 1. The highest BCUT2D eigenvalue weighted by Gasteiger charge is 2.39. The van der Waals surface area contributed by atoms with Crippen molar-refractivity contribution in [3.8, 4) is 0 Å². The Morgan fingerprint density at radius 3 is 2.86 bits per heavy atom. The molecule has 0 aliphatic heterocycles. The third-order valence-electron chi connectivity index (χ3n) is 3.72. The van der Waals surface area contributed by atoms with Crippen LogP contribution in [0.4, 0.5) is 0 Å². The van der Waals surface area contributed by atoms with E-state index in [0.29, 0.717) is 0 Å². The Kier molecular flexibility index (Phi) is 3.06. The van der Waals surface area contributed by atoms with Gasteiger partial charge in [0.1, 0.15) is 6.61 Å². The lowest BCUT2D eigenvalue weighted by atomic mass is 9.89. The van der Waals surface area contributed by atoms with Gasteiger partial charge in [0, 0.05) is 13.7 Å². The van der Waals surface area contributed by atoms with Gasteiger partial charge in [0.05, 0.1) is 0 Å². The van der Waals surface area contributed by atoms with Crippen LogP contribution in [0.15, 0.2) is 0 Å². The molecule has 0 aromatic carbocycles. The summed E-state index contributed by atoms with van der Waals surface area (Å²) in [6.45, 7) is 1.06. The maximum absolute atomic E-state index is 11.2. The molecule has 3 nitrogen and oxygen atoms in total. The molecule has 0 heterocycles. The molecule has 2 aliphatic carbocycles. The number of nitrogens with one attached hydrogen (secondary N) is 1. The summed E-state index contributed by atoms with van der Waals surface area (Å²) in [4.78, 5) is 11.2. The van der Waals surface area contributed by atoms with Crippen LogP contribution in [-0.4, -0.2) is 26.2 Å². The minimum Gasteiger partial charge on any atom is -0.375 e. The fourth-order valence-corrected chi connectivity index (χ4v) is 3.05. The molecule has 2 rings (SSSR count). The number of hydrogen-bond acceptors (Lipinski definition) is 2. The molecule has 0 aromatic heterocycles. The number of carbonyl (C=O) groups is 1. The first-order valence-corrected chi connectivity index (χ1v) is 5.55. The Balaban J connectivity index is 1.69. The molecule has 3 unspecified atom stereocenters. The Labute approximate surface area is 85.2 Å². The molecular formula is C11H19NO2. The van der Waals surface area contributed by atoms with Crippen LogP contribution < -0.4 is 5.32 Å². The average molecular weight is 197 g/mol. The van der Waals surface area contributed by atoms with Crippen LogP contribution in [0.5, 0.6) is 0 Å². The van der Waals surface area contributed by atoms with Crippen LogP contribution in [0.1, 0.15) is 25.7 Å². The molecule has 0 aromatic rings. The minimum absolute atomic E-state index is 0.0234. The van der Waals surface area contributed by atoms with E-state index in [1.54, 1.807) is 7.11 Å². The van der Waals surface area contributed by atoms with Gasteiger partial charge < -0.3 is 10.1 Å². The quantitative estimate of drug-likeness (QED) is 0.735. The molecule has 14 heavy (non-hydrogen) atoms. The predicted octanol–water partition coefficient (Wildman–Crippen LogP) is 1.19. The van der Waals surface area contributed by atoms with Gasteiger partial charge >= 0.3 is 0 Å². The Bertz CT molecular complexity index is 217. The lowest BCUT2D eigenvalue weighted by Gasteiger charge is -2.21. The molecular weight excluding hydrogens is 178 g/mol. The highest BCUT2D eigenvalue weighted by molar-refractivity contribution is 5.77. The van der Waals surface area contributed by atoms with Crippen molar-refractivity contribution in [2.45, 2.75) is 25.7 Å². The van der Waals surface area contributed by atoms with Crippen LogP contribution in [0.25, 0.3) is 0 Å². The number of fused-ring (bicyclic) bond motifs is 2. The summed E-state index contributed by atoms with van der Waals surface area (Å²) in [6.07, 6.45) is 5.55. The van der Waals surface area contributed by atoms with E-state index in [1.807, 2.05) is 0 Å². The molecule has 3 atom stereocenters. The number of rotatable bonds is 4. The summed E-state index contributed by atoms with van der Waals surface area (Å²) in [6, 6.07) is 0. The van der Waals surface area contributed by atoms with Crippen molar-refractivity contribution in [2.24, 2.45) is 17.8 Å². The topological polar surface area (TPSA) is 38.3 Å². The molecule has 1 N–H and O–H groups in total. The lowest BCUT2D eigenvalue weighted by molar-refractivity contribution is -0.125. The van der Waals surface area contributed by atoms with Crippen molar-refractivity contribution in [1.82, 2.24) is 5.32 Å². The number of ether oxygens (including phenoxy) is 1. The SMILES string of the molecule is COCC(=O)NCC1CC2CCC1C2. The summed E-state index contributed by atoms with van der Waals surface area (Å²) in [5.41, 5.74) is 0. The van der Waals surface area contributed by atoms with Gasteiger partial charge in [0.2, 0.25) is 5.91 Å². The highest BCUT2D eigenvalue weighted by Crippen LogP contribution is 2.47. The Hall–Kier alpha value is -0.570. The zero-order valence-electron chi connectivity index (χ0n) is 8.79. The molecule has 2 bridgehead atoms. The second kappa shape index (κ2) is 4.30. The fourth-order valence-electron chi connectivity index (χ4n) is 3.05. The first-order valence-electron chi connectivity index (χ1n) is 5.55. The van der Waals surface area contributed by atoms with E-state index in [4.69, 9.17) is 4.74 Å². The molecule has 2 fully saturated rings. The van der Waals surface area contributed by atoms with Gasteiger partial charge in [-0.15, -0.1) is 0 Å². The van der Waals surface area contributed by atoms with E-state index in [1.165, 1.54) is 25.7 Å². The molecule has 0 spiro atoms. The molecule has 0 saturated heterocycles. The predicted molar refractivity (Wildman–Crippen MR) is 53.8 cm³/mol. The third kappa shape index (κ3) is 2.08. The molecule has 0 radical (unpaired) electrons. The van der Waals surface area contributed by atoms with Gasteiger partial charge in [-0.05, 0) is 37.0 Å². The van der Waals surface area contributed by atoms with Crippen LogP contribution >= 0.6 is 0 Å². The van der Waals surface area contributed by atoms with Crippen molar-refractivity contribution in [3.05, 3.63) is 0 Å². The van der Waals surface area contributed by atoms with Gasteiger partial charge in [-0.25, -0.2) is 0 Å². The van der Waals surface area contributed by atoms with E-state index in [9.17, 15) is 4.79 Å². The first-order chi connectivity index (χ1) is 6.79. The van der Waals surface area contributed by atoms with E-state index in [2.05, 4.69) is 5.32 Å². The smallest absolute Gasteiger partial charge is 0.245 e. The van der Waals surface area contributed by atoms with E-state index in [0.717, 1.165) is 24.3 Å². The summed E-state index contributed by atoms with van der Waals surface area (Å²) in [5.74, 6) is 2.62. The largest absolute Gasteiger partial charge is 0.375 e. The van der Waals surface area contributed by atoms with E-state index < -0.39 is 0 Å². The van der Waals surface area contributed by atoms with Gasteiger partial charge in [-0.3, -0.25) is 4.79 Å². The van der Waals surface area contributed by atoms with Gasteiger partial charge in [0.25, 0.3) is 0 Å². The average Bonchev–Trinajstić information content (AvgIpc) is 2.76. The number of carbonyl (C=O) groups excluding carboxylic acids is 1. The Morgan fingerprint density at radius 1 is 1.43 bits per heavy atom. The molecule has 1 amide bonds. The number of hydrogen-bond donors (Lipinski definition) is 1. The molecule has 3 heteroatoms. The van der Waals surface area contributed by atoms with Crippen LogP contribution in [0.2, 0.25) is 0 Å².